The minimum atomic E-state index is -0.358. The molecular formula is C13H14N4O3. The zero-order chi connectivity index (χ0) is 14.5. The van der Waals surface area contributed by atoms with Crippen molar-refractivity contribution in [3.05, 3.63) is 47.1 Å². The lowest BCUT2D eigenvalue weighted by molar-refractivity contribution is -0.116. The number of nitrogen functional groups attached to an aromatic ring is 1. The summed E-state index contributed by atoms with van der Waals surface area (Å²) in [7, 11) is 1.48. The Morgan fingerprint density at radius 2 is 2.25 bits per heavy atom. The predicted molar refractivity (Wildman–Crippen MR) is 74.5 cm³/mol. The molecule has 1 aromatic heterocycles. The standard InChI is InChI=1S/C13H14N4O3/c1-20-11-6-9(14)2-3-10(11)16-12(18)7-17-8-15-5-4-13(17)19/h2-6,8H,7,14H2,1H3,(H,16,18). The first-order valence-corrected chi connectivity index (χ1v) is 5.84. The average molecular weight is 274 g/mol. The molecule has 104 valence electrons. The molecule has 1 amide bonds. The Kier molecular flexibility index (Phi) is 3.99. The van der Waals surface area contributed by atoms with Gasteiger partial charge in [0.2, 0.25) is 5.91 Å². The van der Waals surface area contributed by atoms with E-state index in [1.54, 1.807) is 18.2 Å². The highest BCUT2D eigenvalue weighted by molar-refractivity contribution is 5.92. The van der Waals surface area contributed by atoms with Crippen molar-refractivity contribution in [1.82, 2.24) is 9.55 Å². The molecule has 3 N–H and O–H groups in total. The molecule has 0 spiro atoms. The zero-order valence-electron chi connectivity index (χ0n) is 10.9. The van der Waals surface area contributed by atoms with Crippen LogP contribution in [0.15, 0.2) is 41.6 Å². The Labute approximate surface area is 115 Å². The molecule has 0 aliphatic rings. The summed E-state index contributed by atoms with van der Waals surface area (Å²) in [6.45, 7) is -0.125. The molecular weight excluding hydrogens is 260 g/mol. The van der Waals surface area contributed by atoms with Gasteiger partial charge in [0, 0.05) is 24.0 Å². The van der Waals surface area contributed by atoms with Crippen LogP contribution in [0.5, 0.6) is 5.75 Å². The Hall–Kier alpha value is -2.83. The van der Waals surface area contributed by atoms with Gasteiger partial charge < -0.3 is 15.8 Å². The number of ether oxygens (including phenoxy) is 1. The van der Waals surface area contributed by atoms with Crippen LogP contribution in [0.25, 0.3) is 0 Å². The van der Waals surface area contributed by atoms with Gasteiger partial charge in [0.1, 0.15) is 12.3 Å². The molecule has 0 saturated carbocycles. The molecule has 0 fully saturated rings. The molecule has 0 saturated heterocycles. The molecule has 1 heterocycles. The van der Waals surface area contributed by atoms with E-state index in [1.807, 2.05) is 0 Å². The fourth-order valence-corrected chi connectivity index (χ4v) is 1.65. The number of aromatic nitrogens is 2. The maximum absolute atomic E-state index is 11.9. The molecule has 0 aliphatic heterocycles. The van der Waals surface area contributed by atoms with Crippen LogP contribution in [0.3, 0.4) is 0 Å². The SMILES string of the molecule is COc1cc(N)ccc1NC(=O)Cn1cnccc1=O. The molecule has 0 radical (unpaired) electrons. The molecule has 2 rings (SSSR count). The van der Waals surface area contributed by atoms with Crippen LogP contribution >= 0.6 is 0 Å². The summed E-state index contributed by atoms with van der Waals surface area (Å²) in [6, 6.07) is 6.18. The van der Waals surface area contributed by atoms with Crippen molar-refractivity contribution in [2.75, 3.05) is 18.2 Å². The summed E-state index contributed by atoms with van der Waals surface area (Å²) in [5.41, 5.74) is 6.36. The van der Waals surface area contributed by atoms with Gasteiger partial charge >= 0.3 is 0 Å². The number of nitrogens with two attached hydrogens (primary N) is 1. The summed E-state index contributed by atoms with van der Waals surface area (Å²) in [5, 5.41) is 2.66. The van der Waals surface area contributed by atoms with E-state index in [-0.39, 0.29) is 18.0 Å². The van der Waals surface area contributed by atoms with E-state index in [2.05, 4.69) is 10.3 Å². The van der Waals surface area contributed by atoms with Gasteiger partial charge in [0.15, 0.2) is 0 Å². The van der Waals surface area contributed by atoms with Gasteiger partial charge in [-0.3, -0.25) is 14.2 Å². The molecule has 0 aliphatic carbocycles. The van der Waals surface area contributed by atoms with Crippen molar-refractivity contribution in [3.8, 4) is 5.75 Å². The van der Waals surface area contributed by atoms with Gasteiger partial charge in [-0.2, -0.15) is 0 Å². The van der Waals surface area contributed by atoms with Gasteiger partial charge in [-0.15, -0.1) is 0 Å². The van der Waals surface area contributed by atoms with E-state index in [9.17, 15) is 9.59 Å². The normalized spacial score (nSPS) is 10.1. The van der Waals surface area contributed by atoms with E-state index in [0.717, 1.165) is 0 Å². The number of methoxy groups -OCH3 is 1. The number of nitrogens with zero attached hydrogens (tertiary/aromatic N) is 2. The van der Waals surface area contributed by atoms with Crippen LogP contribution < -0.4 is 21.3 Å². The minimum absolute atomic E-state index is 0.125. The fourth-order valence-electron chi connectivity index (χ4n) is 1.65. The quantitative estimate of drug-likeness (QED) is 0.790. The van der Waals surface area contributed by atoms with Crippen LogP contribution in [0, 0.1) is 0 Å². The second-order valence-corrected chi connectivity index (χ2v) is 4.05. The van der Waals surface area contributed by atoms with Crippen molar-refractivity contribution in [1.29, 1.82) is 0 Å². The lowest BCUT2D eigenvalue weighted by Crippen LogP contribution is -2.27. The van der Waals surface area contributed by atoms with E-state index in [1.165, 1.54) is 30.3 Å². The number of hydrogen-bond acceptors (Lipinski definition) is 5. The smallest absolute Gasteiger partial charge is 0.253 e. The number of benzene rings is 1. The van der Waals surface area contributed by atoms with E-state index in [0.29, 0.717) is 17.1 Å². The molecule has 7 heteroatoms. The fraction of sp³-hybridized carbons (Fsp3) is 0.154. The van der Waals surface area contributed by atoms with Crippen LogP contribution in [0.2, 0.25) is 0 Å². The molecule has 0 atom stereocenters. The number of anilines is 2. The number of carbonyl (C=O) groups excluding carboxylic acids is 1. The first-order valence-electron chi connectivity index (χ1n) is 5.84. The van der Waals surface area contributed by atoms with Crippen molar-refractivity contribution in [2.45, 2.75) is 6.54 Å². The monoisotopic (exact) mass is 274 g/mol. The number of amides is 1. The largest absolute Gasteiger partial charge is 0.494 e. The highest BCUT2D eigenvalue weighted by Crippen LogP contribution is 2.26. The third kappa shape index (κ3) is 3.14. The summed E-state index contributed by atoms with van der Waals surface area (Å²) in [4.78, 5) is 27.2. The van der Waals surface area contributed by atoms with E-state index in [4.69, 9.17) is 10.5 Å². The van der Waals surface area contributed by atoms with Crippen molar-refractivity contribution in [2.24, 2.45) is 0 Å². The molecule has 20 heavy (non-hydrogen) atoms. The van der Waals surface area contributed by atoms with Gasteiger partial charge in [0.05, 0.1) is 19.1 Å². The summed E-state index contributed by atoms with van der Waals surface area (Å²) in [5.74, 6) is 0.0973. The summed E-state index contributed by atoms with van der Waals surface area (Å²) in [6.07, 6.45) is 2.68. The van der Waals surface area contributed by atoms with Crippen LogP contribution in [0.4, 0.5) is 11.4 Å². The average Bonchev–Trinajstić information content (AvgIpc) is 2.43. The Morgan fingerprint density at radius 1 is 1.45 bits per heavy atom. The lowest BCUT2D eigenvalue weighted by atomic mass is 10.2. The Bertz CT molecular complexity index is 681. The molecule has 1 aromatic carbocycles. The summed E-state index contributed by atoms with van der Waals surface area (Å²) >= 11 is 0. The third-order valence-electron chi connectivity index (χ3n) is 2.61. The number of carbonyl (C=O) groups is 1. The second-order valence-electron chi connectivity index (χ2n) is 4.05. The van der Waals surface area contributed by atoms with Crippen molar-refractivity contribution < 1.29 is 9.53 Å². The van der Waals surface area contributed by atoms with Gasteiger partial charge in [0.25, 0.3) is 5.56 Å². The maximum Gasteiger partial charge on any atom is 0.253 e. The first-order chi connectivity index (χ1) is 9.60. The van der Waals surface area contributed by atoms with Gasteiger partial charge in [-0.05, 0) is 12.1 Å². The Morgan fingerprint density at radius 3 is 2.95 bits per heavy atom. The number of hydrogen-bond donors (Lipinski definition) is 2. The topological polar surface area (TPSA) is 99.2 Å². The minimum Gasteiger partial charge on any atom is -0.494 e. The zero-order valence-corrected chi connectivity index (χ0v) is 10.9. The van der Waals surface area contributed by atoms with Crippen molar-refractivity contribution >= 4 is 17.3 Å². The van der Waals surface area contributed by atoms with Crippen molar-refractivity contribution in [3.63, 3.8) is 0 Å². The summed E-state index contributed by atoms with van der Waals surface area (Å²) < 4.78 is 6.33. The number of nitrogens with one attached hydrogen (secondary N) is 1. The molecule has 0 unspecified atom stereocenters. The second kappa shape index (κ2) is 5.87. The van der Waals surface area contributed by atoms with Crippen LogP contribution in [0.1, 0.15) is 0 Å². The highest BCUT2D eigenvalue weighted by Gasteiger charge is 2.09. The number of rotatable bonds is 4. The predicted octanol–water partition coefficient (Wildman–Crippen LogP) is 0.473. The first kappa shape index (κ1) is 13.6. The highest BCUT2D eigenvalue weighted by atomic mass is 16.5. The van der Waals surface area contributed by atoms with E-state index < -0.39 is 0 Å². The van der Waals surface area contributed by atoms with Crippen LogP contribution in [-0.4, -0.2) is 22.6 Å². The van der Waals surface area contributed by atoms with Crippen LogP contribution in [-0.2, 0) is 11.3 Å². The van der Waals surface area contributed by atoms with E-state index >= 15 is 0 Å². The molecule has 7 nitrogen and oxygen atoms in total. The van der Waals surface area contributed by atoms with Gasteiger partial charge in [-0.1, -0.05) is 0 Å². The van der Waals surface area contributed by atoms with Gasteiger partial charge in [-0.25, -0.2) is 4.98 Å². The molecule has 2 aromatic rings. The lowest BCUT2D eigenvalue weighted by Gasteiger charge is -2.11. The third-order valence-corrected chi connectivity index (χ3v) is 2.61. The Balaban J connectivity index is 2.13. The maximum atomic E-state index is 11.9. The molecule has 0 bridgehead atoms.